The highest BCUT2D eigenvalue weighted by molar-refractivity contribution is 5.78. The van der Waals surface area contributed by atoms with Crippen LogP contribution in [0.3, 0.4) is 0 Å². The van der Waals surface area contributed by atoms with Gasteiger partial charge in [-0.3, -0.25) is 4.79 Å². The number of carboxylic acid groups (broad SMARTS) is 1. The number of carbonyl (C=O) groups is 2. The van der Waals surface area contributed by atoms with E-state index < -0.39 is 11.4 Å². The molecule has 0 unspecified atom stereocenters. The minimum atomic E-state index is -0.773. The van der Waals surface area contributed by atoms with Crippen LogP contribution in [0, 0.1) is 5.41 Å². The minimum absolute atomic E-state index is 0.238. The third-order valence-electron chi connectivity index (χ3n) is 4.17. The summed E-state index contributed by atoms with van der Waals surface area (Å²) in [6.45, 7) is 3.00. The molecule has 5 nitrogen and oxygen atoms in total. The SMILES string of the molecule is CCCCCNC(=O)NCC1(C(=O)O)CCCCCC1. The molecule has 1 saturated carbocycles. The van der Waals surface area contributed by atoms with Crippen molar-refractivity contribution in [2.75, 3.05) is 13.1 Å². The molecule has 0 aromatic heterocycles. The highest BCUT2D eigenvalue weighted by Gasteiger charge is 2.38. The lowest BCUT2D eigenvalue weighted by molar-refractivity contribution is -0.149. The zero-order valence-corrected chi connectivity index (χ0v) is 12.5. The van der Waals surface area contributed by atoms with Gasteiger partial charge in [0.15, 0.2) is 0 Å². The van der Waals surface area contributed by atoms with Crippen LogP contribution in [0.2, 0.25) is 0 Å². The van der Waals surface area contributed by atoms with Gasteiger partial charge >= 0.3 is 12.0 Å². The third-order valence-corrected chi connectivity index (χ3v) is 4.17. The molecule has 20 heavy (non-hydrogen) atoms. The van der Waals surface area contributed by atoms with Gasteiger partial charge in [-0.05, 0) is 19.3 Å². The average molecular weight is 284 g/mol. The van der Waals surface area contributed by atoms with Crippen LogP contribution in [0.1, 0.15) is 64.7 Å². The van der Waals surface area contributed by atoms with E-state index in [1.165, 1.54) is 0 Å². The maximum absolute atomic E-state index is 11.7. The van der Waals surface area contributed by atoms with Gasteiger partial charge in [0.2, 0.25) is 0 Å². The van der Waals surface area contributed by atoms with Gasteiger partial charge in [-0.1, -0.05) is 45.4 Å². The van der Waals surface area contributed by atoms with Gasteiger partial charge in [0.05, 0.1) is 5.41 Å². The zero-order valence-electron chi connectivity index (χ0n) is 12.5. The van der Waals surface area contributed by atoms with Crippen LogP contribution >= 0.6 is 0 Å². The monoisotopic (exact) mass is 284 g/mol. The Bertz CT molecular complexity index is 310. The summed E-state index contributed by atoms with van der Waals surface area (Å²) in [5.74, 6) is -0.773. The van der Waals surface area contributed by atoms with Crippen LogP contribution in [0.25, 0.3) is 0 Å². The van der Waals surface area contributed by atoms with E-state index in [4.69, 9.17) is 0 Å². The van der Waals surface area contributed by atoms with Crippen molar-refractivity contribution in [1.29, 1.82) is 0 Å². The van der Waals surface area contributed by atoms with Gasteiger partial charge in [-0.2, -0.15) is 0 Å². The first-order valence-corrected chi connectivity index (χ1v) is 7.86. The summed E-state index contributed by atoms with van der Waals surface area (Å²) in [7, 11) is 0. The number of aliphatic carboxylic acids is 1. The molecule has 0 aliphatic heterocycles. The van der Waals surface area contributed by atoms with Crippen molar-refractivity contribution in [2.45, 2.75) is 64.7 Å². The van der Waals surface area contributed by atoms with Crippen LogP contribution < -0.4 is 10.6 Å². The number of nitrogens with one attached hydrogen (secondary N) is 2. The minimum Gasteiger partial charge on any atom is -0.481 e. The summed E-state index contributed by atoms with van der Waals surface area (Å²) in [6.07, 6.45) is 8.57. The predicted molar refractivity (Wildman–Crippen MR) is 78.7 cm³/mol. The number of rotatable bonds is 7. The van der Waals surface area contributed by atoms with Crippen LogP contribution in [-0.4, -0.2) is 30.2 Å². The Morgan fingerprint density at radius 3 is 2.25 bits per heavy atom. The van der Waals surface area contributed by atoms with Gasteiger partial charge < -0.3 is 15.7 Å². The molecule has 0 heterocycles. The normalized spacial score (nSPS) is 18.1. The fourth-order valence-electron chi connectivity index (χ4n) is 2.76. The molecule has 1 aliphatic rings. The van der Waals surface area contributed by atoms with E-state index in [0.29, 0.717) is 19.4 Å². The van der Waals surface area contributed by atoms with Crippen LogP contribution in [0.15, 0.2) is 0 Å². The summed E-state index contributed by atoms with van der Waals surface area (Å²) in [6, 6.07) is -0.244. The molecule has 116 valence electrons. The van der Waals surface area contributed by atoms with E-state index in [1.54, 1.807) is 0 Å². The lowest BCUT2D eigenvalue weighted by atomic mass is 9.80. The molecule has 0 saturated heterocycles. The third kappa shape index (κ3) is 5.39. The molecule has 1 fully saturated rings. The van der Waals surface area contributed by atoms with Gasteiger partial charge in [-0.15, -0.1) is 0 Å². The lowest BCUT2D eigenvalue weighted by Crippen LogP contribution is -2.46. The first-order valence-electron chi connectivity index (χ1n) is 7.86. The van der Waals surface area contributed by atoms with E-state index in [9.17, 15) is 14.7 Å². The van der Waals surface area contributed by atoms with Crippen LogP contribution in [0.4, 0.5) is 4.79 Å². The smallest absolute Gasteiger partial charge is 0.314 e. The average Bonchev–Trinajstić information content (AvgIpc) is 2.68. The van der Waals surface area contributed by atoms with Crippen LogP contribution in [-0.2, 0) is 4.79 Å². The molecule has 0 bridgehead atoms. The predicted octanol–water partition coefficient (Wildman–Crippen LogP) is 2.90. The van der Waals surface area contributed by atoms with Crippen molar-refractivity contribution in [3.05, 3.63) is 0 Å². The van der Waals surface area contributed by atoms with E-state index >= 15 is 0 Å². The van der Waals surface area contributed by atoms with Gasteiger partial charge in [0.1, 0.15) is 0 Å². The molecule has 3 N–H and O–H groups in total. The molecular formula is C15H28N2O3. The highest BCUT2D eigenvalue weighted by atomic mass is 16.4. The molecule has 2 amide bonds. The van der Waals surface area contributed by atoms with Crippen LogP contribution in [0.5, 0.6) is 0 Å². The van der Waals surface area contributed by atoms with Crippen molar-refractivity contribution in [3.8, 4) is 0 Å². The Kier molecular flexibility index (Phi) is 7.41. The van der Waals surface area contributed by atoms with Crippen molar-refractivity contribution >= 4 is 12.0 Å². The van der Waals surface area contributed by atoms with E-state index in [1.807, 2.05) is 0 Å². The lowest BCUT2D eigenvalue weighted by Gasteiger charge is -2.28. The molecule has 0 radical (unpaired) electrons. The molecule has 0 aromatic carbocycles. The molecule has 1 aliphatic carbocycles. The van der Waals surface area contributed by atoms with Gasteiger partial charge in [0.25, 0.3) is 0 Å². The van der Waals surface area contributed by atoms with Gasteiger partial charge in [0, 0.05) is 13.1 Å². The first kappa shape index (κ1) is 16.8. The molecule has 1 rings (SSSR count). The molecular weight excluding hydrogens is 256 g/mol. The quantitative estimate of drug-likeness (QED) is 0.497. The second kappa shape index (κ2) is 8.82. The fraction of sp³-hybridized carbons (Fsp3) is 0.867. The van der Waals surface area contributed by atoms with E-state index in [2.05, 4.69) is 17.6 Å². The van der Waals surface area contributed by atoms with E-state index in [0.717, 1.165) is 44.9 Å². The fourth-order valence-corrected chi connectivity index (χ4v) is 2.76. The Morgan fingerprint density at radius 1 is 1.05 bits per heavy atom. The summed E-state index contributed by atoms with van der Waals surface area (Å²) >= 11 is 0. The number of hydrogen-bond donors (Lipinski definition) is 3. The Labute approximate surface area is 121 Å². The molecule has 0 aromatic rings. The van der Waals surface area contributed by atoms with Crippen molar-refractivity contribution in [2.24, 2.45) is 5.41 Å². The number of amides is 2. The summed E-state index contributed by atoms with van der Waals surface area (Å²) in [4.78, 5) is 23.3. The number of urea groups is 1. The second-order valence-corrected chi connectivity index (χ2v) is 5.82. The Morgan fingerprint density at radius 2 is 1.70 bits per heavy atom. The number of carbonyl (C=O) groups excluding carboxylic acids is 1. The second-order valence-electron chi connectivity index (χ2n) is 5.82. The first-order chi connectivity index (χ1) is 9.60. The Hall–Kier alpha value is -1.26. The standard InChI is InChI=1S/C15H28N2O3/c1-2-3-8-11-16-14(20)17-12-15(13(18)19)9-6-4-5-7-10-15/h2-12H2,1H3,(H,18,19)(H2,16,17,20). The molecule has 5 heteroatoms. The molecule has 0 spiro atoms. The zero-order chi connectivity index (χ0) is 14.8. The summed E-state index contributed by atoms with van der Waals surface area (Å²) in [5.41, 5.74) is -0.767. The van der Waals surface area contributed by atoms with E-state index in [-0.39, 0.29) is 12.6 Å². The molecule has 0 atom stereocenters. The number of unbranched alkanes of at least 4 members (excludes halogenated alkanes) is 2. The number of hydrogen-bond acceptors (Lipinski definition) is 2. The van der Waals surface area contributed by atoms with Crippen molar-refractivity contribution in [3.63, 3.8) is 0 Å². The van der Waals surface area contributed by atoms with Gasteiger partial charge in [-0.25, -0.2) is 4.79 Å². The summed E-state index contributed by atoms with van der Waals surface area (Å²) in [5, 5.41) is 15.0. The van der Waals surface area contributed by atoms with Crippen molar-refractivity contribution in [1.82, 2.24) is 10.6 Å². The maximum atomic E-state index is 11.7. The number of carboxylic acids is 1. The summed E-state index contributed by atoms with van der Waals surface area (Å²) < 4.78 is 0. The maximum Gasteiger partial charge on any atom is 0.314 e. The topological polar surface area (TPSA) is 78.4 Å². The van der Waals surface area contributed by atoms with Crippen molar-refractivity contribution < 1.29 is 14.7 Å². The highest BCUT2D eigenvalue weighted by Crippen LogP contribution is 2.34. The largest absolute Gasteiger partial charge is 0.481 e. The Balaban J connectivity index is 2.38.